The molecule has 0 unspecified atom stereocenters. The van der Waals surface area contributed by atoms with E-state index >= 15 is 0 Å². The molecule has 2 aromatic rings. The SMILES string of the molecule is CCNc1cnn(Cc2cccs2)c(=O)c1. The summed E-state index contributed by atoms with van der Waals surface area (Å²) >= 11 is 1.63. The molecule has 0 saturated heterocycles. The van der Waals surface area contributed by atoms with Crippen molar-refractivity contribution in [3.05, 3.63) is 45.0 Å². The summed E-state index contributed by atoms with van der Waals surface area (Å²) in [6, 6.07) is 5.54. The van der Waals surface area contributed by atoms with Crippen LogP contribution in [0, 0.1) is 0 Å². The Labute approximate surface area is 97.6 Å². The van der Waals surface area contributed by atoms with Gasteiger partial charge in [0.25, 0.3) is 5.56 Å². The number of thiophene rings is 1. The normalized spacial score (nSPS) is 10.3. The second kappa shape index (κ2) is 4.94. The van der Waals surface area contributed by atoms with E-state index < -0.39 is 0 Å². The highest BCUT2D eigenvalue weighted by atomic mass is 32.1. The molecule has 0 aliphatic carbocycles. The molecule has 0 aliphatic rings. The summed E-state index contributed by atoms with van der Waals surface area (Å²) < 4.78 is 1.46. The molecule has 0 atom stereocenters. The van der Waals surface area contributed by atoms with Crippen molar-refractivity contribution in [1.29, 1.82) is 0 Å². The second-order valence-corrected chi connectivity index (χ2v) is 4.38. The lowest BCUT2D eigenvalue weighted by atomic mass is 10.4. The fourth-order valence-corrected chi connectivity index (χ4v) is 2.09. The standard InChI is InChI=1S/C11H13N3OS/c1-2-12-9-6-11(15)14(13-7-9)8-10-4-3-5-16-10/h3-7,12H,2,8H2,1H3. The number of hydrogen-bond acceptors (Lipinski definition) is 4. The zero-order valence-corrected chi connectivity index (χ0v) is 9.83. The van der Waals surface area contributed by atoms with Gasteiger partial charge >= 0.3 is 0 Å². The van der Waals surface area contributed by atoms with Gasteiger partial charge in [-0.15, -0.1) is 11.3 Å². The summed E-state index contributed by atoms with van der Waals surface area (Å²) in [5.41, 5.74) is 0.696. The molecule has 0 aromatic carbocycles. The predicted molar refractivity (Wildman–Crippen MR) is 66.1 cm³/mol. The van der Waals surface area contributed by atoms with Crippen molar-refractivity contribution in [3.63, 3.8) is 0 Å². The van der Waals surface area contributed by atoms with E-state index in [2.05, 4.69) is 10.4 Å². The third-order valence-electron chi connectivity index (χ3n) is 2.14. The van der Waals surface area contributed by atoms with E-state index in [9.17, 15) is 4.79 Å². The molecule has 0 aliphatic heterocycles. The maximum atomic E-state index is 11.7. The van der Waals surface area contributed by atoms with Gasteiger partial charge < -0.3 is 5.32 Å². The van der Waals surface area contributed by atoms with Crippen LogP contribution in [0.2, 0.25) is 0 Å². The minimum atomic E-state index is -0.0770. The zero-order chi connectivity index (χ0) is 11.4. The summed E-state index contributed by atoms with van der Waals surface area (Å²) in [7, 11) is 0. The molecule has 84 valence electrons. The van der Waals surface area contributed by atoms with E-state index in [1.165, 1.54) is 4.68 Å². The molecule has 2 rings (SSSR count). The van der Waals surface area contributed by atoms with Gasteiger partial charge in [-0.2, -0.15) is 5.10 Å². The van der Waals surface area contributed by atoms with Gasteiger partial charge in [-0.05, 0) is 18.4 Å². The number of anilines is 1. The van der Waals surface area contributed by atoms with Crippen LogP contribution in [0.5, 0.6) is 0 Å². The number of nitrogens with zero attached hydrogens (tertiary/aromatic N) is 2. The maximum absolute atomic E-state index is 11.7. The van der Waals surface area contributed by atoms with Gasteiger partial charge in [0.1, 0.15) is 0 Å². The molecule has 1 N–H and O–H groups in total. The lowest BCUT2D eigenvalue weighted by molar-refractivity contribution is 0.646. The van der Waals surface area contributed by atoms with Crippen LogP contribution in [0.1, 0.15) is 11.8 Å². The number of hydrogen-bond donors (Lipinski definition) is 1. The number of nitrogens with one attached hydrogen (secondary N) is 1. The van der Waals surface area contributed by atoms with E-state index in [1.54, 1.807) is 23.6 Å². The first-order valence-electron chi connectivity index (χ1n) is 5.13. The van der Waals surface area contributed by atoms with E-state index in [-0.39, 0.29) is 5.56 Å². The average molecular weight is 235 g/mol. The molecular formula is C11H13N3OS. The minimum Gasteiger partial charge on any atom is -0.384 e. The van der Waals surface area contributed by atoms with E-state index in [4.69, 9.17) is 0 Å². The van der Waals surface area contributed by atoms with Crippen LogP contribution in [0.3, 0.4) is 0 Å². The van der Waals surface area contributed by atoms with Crippen molar-refractivity contribution in [3.8, 4) is 0 Å². The first kappa shape index (κ1) is 10.9. The number of rotatable bonds is 4. The Morgan fingerprint density at radius 2 is 2.44 bits per heavy atom. The van der Waals surface area contributed by atoms with Crippen LogP contribution in [-0.2, 0) is 6.54 Å². The quantitative estimate of drug-likeness (QED) is 0.878. The van der Waals surface area contributed by atoms with Crippen LogP contribution in [0.4, 0.5) is 5.69 Å². The molecule has 5 heteroatoms. The van der Waals surface area contributed by atoms with Crippen molar-refractivity contribution in [1.82, 2.24) is 9.78 Å². The Morgan fingerprint density at radius 1 is 1.56 bits per heavy atom. The monoisotopic (exact) mass is 235 g/mol. The van der Waals surface area contributed by atoms with Crippen LogP contribution < -0.4 is 10.9 Å². The average Bonchev–Trinajstić information content (AvgIpc) is 2.75. The summed E-state index contributed by atoms with van der Waals surface area (Å²) in [6.45, 7) is 3.32. The van der Waals surface area contributed by atoms with Gasteiger partial charge in [-0.1, -0.05) is 6.07 Å². The summed E-state index contributed by atoms with van der Waals surface area (Å²) in [5, 5.41) is 9.17. The molecular weight excluding hydrogens is 222 g/mol. The Kier molecular flexibility index (Phi) is 3.36. The highest BCUT2D eigenvalue weighted by Gasteiger charge is 2.01. The number of aromatic nitrogens is 2. The van der Waals surface area contributed by atoms with Gasteiger partial charge in [0.05, 0.1) is 18.4 Å². The molecule has 0 spiro atoms. The first-order chi connectivity index (χ1) is 7.79. The summed E-state index contributed by atoms with van der Waals surface area (Å²) in [6.07, 6.45) is 1.68. The highest BCUT2D eigenvalue weighted by Crippen LogP contribution is 2.09. The van der Waals surface area contributed by atoms with Gasteiger partial charge in [0.15, 0.2) is 0 Å². The zero-order valence-electron chi connectivity index (χ0n) is 9.01. The molecule has 0 fully saturated rings. The van der Waals surface area contributed by atoms with Crippen molar-refractivity contribution in [2.24, 2.45) is 0 Å². The van der Waals surface area contributed by atoms with Crippen molar-refractivity contribution in [2.75, 3.05) is 11.9 Å². The molecule has 16 heavy (non-hydrogen) atoms. The largest absolute Gasteiger partial charge is 0.384 e. The summed E-state index contributed by atoms with van der Waals surface area (Å²) in [4.78, 5) is 12.8. The van der Waals surface area contributed by atoms with E-state index in [0.29, 0.717) is 6.54 Å². The lowest BCUT2D eigenvalue weighted by Gasteiger charge is -2.05. The molecule has 0 radical (unpaired) electrons. The Hall–Kier alpha value is -1.62. The minimum absolute atomic E-state index is 0.0770. The lowest BCUT2D eigenvalue weighted by Crippen LogP contribution is -2.22. The smallest absolute Gasteiger partial charge is 0.269 e. The van der Waals surface area contributed by atoms with Crippen molar-refractivity contribution in [2.45, 2.75) is 13.5 Å². The van der Waals surface area contributed by atoms with Crippen LogP contribution in [0.25, 0.3) is 0 Å². The summed E-state index contributed by atoms with van der Waals surface area (Å²) in [5.74, 6) is 0. The van der Waals surface area contributed by atoms with Gasteiger partial charge in [-0.25, -0.2) is 4.68 Å². The van der Waals surface area contributed by atoms with Crippen molar-refractivity contribution < 1.29 is 0 Å². The second-order valence-electron chi connectivity index (χ2n) is 3.35. The predicted octanol–water partition coefficient (Wildman–Crippen LogP) is 1.78. The first-order valence-corrected chi connectivity index (χ1v) is 6.01. The fraction of sp³-hybridized carbons (Fsp3) is 0.273. The Balaban J connectivity index is 2.20. The van der Waals surface area contributed by atoms with E-state index in [1.807, 2.05) is 24.4 Å². The van der Waals surface area contributed by atoms with Crippen molar-refractivity contribution >= 4 is 17.0 Å². The van der Waals surface area contributed by atoms with Gasteiger partial charge in [0, 0.05) is 17.5 Å². The maximum Gasteiger partial charge on any atom is 0.269 e. The van der Waals surface area contributed by atoms with Crippen LogP contribution in [0.15, 0.2) is 34.6 Å². The fourth-order valence-electron chi connectivity index (χ4n) is 1.40. The molecule has 4 nitrogen and oxygen atoms in total. The topological polar surface area (TPSA) is 46.9 Å². The van der Waals surface area contributed by atoms with Gasteiger partial charge in [-0.3, -0.25) is 4.79 Å². The molecule has 0 saturated carbocycles. The molecule has 0 bridgehead atoms. The molecule has 2 aromatic heterocycles. The third kappa shape index (κ3) is 2.49. The Morgan fingerprint density at radius 3 is 3.06 bits per heavy atom. The van der Waals surface area contributed by atoms with Crippen LogP contribution >= 0.6 is 11.3 Å². The highest BCUT2D eigenvalue weighted by molar-refractivity contribution is 7.09. The van der Waals surface area contributed by atoms with E-state index in [0.717, 1.165) is 17.1 Å². The van der Waals surface area contributed by atoms with Gasteiger partial charge in [0.2, 0.25) is 0 Å². The van der Waals surface area contributed by atoms with Crippen LogP contribution in [-0.4, -0.2) is 16.3 Å². The molecule has 0 amide bonds. The third-order valence-corrected chi connectivity index (χ3v) is 3.00. The molecule has 2 heterocycles. The Bertz CT molecular complexity index is 504.